The van der Waals surface area contributed by atoms with Crippen LogP contribution in [-0.2, 0) is 11.3 Å². The van der Waals surface area contributed by atoms with Gasteiger partial charge in [-0.3, -0.25) is 4.79 Å². The molecule has 0 bridgehead atoms. The zero-order valence-corrected chi connectivity index (χ0v) is 10.9. The monoisotopic (exact) mass is 289 g/mol. The maximum atomic E-state index is 13.7. The number of carboxylic acids is 1. The number of carbonyl (C=O) groups is 2. The number of rotatable bonds is 5. The van der Waals surface area contributed by atoms with Crippen LogP contribution in [0.15, 0.2) is 47.1 Å². The van der Waals surface area contributed by atoms with E-state index in [9.17, 15) is 14.0 Å². The first kappa shape index (κ1) is 14.5. The van der Waals surface area contributed by atoms with Crippen molar-refractivity contribution in [2.45, 2.75) is 6.54 Å². The summed E-state index contributed by atoms with van der Waals surface area (Å²) in [6.07, 6.45) is 3.67. The second-order valence-corrected chi connectivity index (χ2v) is 4.17. The Labute approximate surface area is 119 Å². The fourth-order valence-electron chi connectivity index (χ4n) is 1.66. The van der Waals surface area contributed by atoms with Gasteiger partial charge in [0.2, 0.25) is 0 Å². The first-order valence-corrected chi connectivity index (χ1v) is 6.07. The van der Waals surface area contributed by atoms with Gasteiger partial charge in [0.25, 0.3) is 5.91 Å². The summed E-state index contributed by atoms with van der Waals surface area (Å²) in [5, 5.41) is 11.1. The van der Waals surface area contributed by atoms with Crippen LogP contribution < -0.4 is 5.32 Å². The number of carboxylic acid groups (broad SMARTS) is 1. The maximum Gasteiger partial charge on any atom is 0.328 e. The van der Waals surface area contributed by atoms with Crippen molar-refractivity contribution in [1.82, 2.24) is 5.32 Å². The van der Waals surface area contributed by atoms with Crippen molar-refractivity contribution in [3.63, 3.8) is 0 Å². The largest absolute Gasteiger partial charge is 0.478 e. The lowest BCUT2D eigenvalue weighted by Gasteiger charge is -2.05. The summed E-state index contributed by atoms with van der Waals surface area (Å²) in [7, 11) is 0. The summed E-state index contributed by atoms with van der Waals surface area (Å²) in [5.41, 5.74) is 0.260. The third-order valence-corrected chi connectivity index (χ3v) is 2.66. The number of hydrogen-bond acceptors (Lipinski definition) is 3. The molecule has 0 aliphatic carbocycles. The Morgan fingerprint density at radius 1 is 1.33 bits per heavy atom. The average molecular weight is 289 g/mol. The minimum absolute atomic E-state index is 0.139. The third-order valence-electron chi connectivity index (χ3n) is 2.66. The highest BCUT2D eigenvalue weighted by molar-refractivity contribution is 5.95. The van der Waals surface area contributed by atoms with E-state index in [2.05, 4.69) is 5.32 Å². The topological polar surface area (TPSA) is 79.5 Å². The SMILES string of the molecule is O=C(O)C=Cc1ccc(F)c(C(=O)NCc2ccco2)c1. The van der Waals surface area contributed by atoms with Crippen LogP contribution >= 0.6 is 0 Å². The number of halogens is 1. The minimum atomic E-state index is -1.12. The summed E-state index contributed by atoms with van der Waals surface area (Å²) in [4.78, 5) is 22.4. The second kappa shape index (κ2) is 6.51. The summed E-state index contributed by atoms with van der Waals surface area (Å²) >= 11 is 0. The maximum absolute atomic E-state index is 13.7. The molecule has 0 unspecified atom stereocenters. The molecule has 5 nitrogen and oxygen atoms in total. The van der Waals surface area contributed by atoms with Crippen LogP contribution in [-0.4, -0.2) is 17.0 Å². The fraction of sp³-hybridized carbons (Fsp3) is 0.0667. The van der Waals surface area contributed by atoms with Crippen LogP contribution in [0.4, 0.5) is 4.39 Å². The Bertz CT molecular complexity index is 677. The van der Waals surface area contributed by atoms with E-state index in [1.54, 1.807) is 12.1 Å². The van der Waals surface area contributed by atoms with E-state index in [1.165, 1.54) is 24.5 Å². The van der Waals surface area contributed by atoms with Gasteiger partial charge < -0.3 is 14.8 Å². The highest BCUT2D eigenvalue weighted by atomic mass is 19.1. The number of carbonyl (C=O) groups excluding carboxylic acids is 1. The molecule has 108 valence electrons. The molecule has 0 radical (unpaired) electrons. The van der Waals surface area contributed by atoms with Gasteiger partial charge in [-0.25, -0.2) is 9.18 Å². The Morgan fingerprint density at radius 3 is 2.81 bits per heavy atom. The molecule has 0 atom stereocenters. The molecule has 0 fully saturated rings. The van der Waals surface area contributed by atoms with Gasteiger partial charge in [0.05, 0.1) is 18.4 Å². The molecule has 0 saturated carbocycles. The van der Waals surface area contributed by atoms with Gasteiger partial charge in [0.1, 0.15) is 11.6 Å². The summed E-state index contributed by atoms with van der Waals surface area (Å²) < 4.78 is 18.7. The van der Waals surface area contributed by atoms with Crippen LogP contribution in [0.25, 0.3) is 6.08 Å². The van der Waals surface area contributed by atoms with Gasteiger partial charge in [-0.1, -0.05) is 6.07 Å². The smallest absolute Gasteiger partial charge is 0.328 e. The Morgan fingerprint density at radius 2 is 2.14 bits per heavy atom. The molecule has 1 aromatic heterocycles. The Kier molecular flexibility index (Phi) is 4.50. The normalized spacial score (nSPS) is 10.7. The number of benzene rings is 1. The molecule has 21 heavy (non-hydrogen) atoms. The molecule has 0 aliphatic heterocycles. The number of amides is 1. The highest BCUT2D eigenvalue weighted by Gasteiger charge is 2.12. The molecule has 1 amide bonds. The Hall–Kier alpha value is -2.89. The van der Waals surface area contributed by atoms with Crippen LogP contribution in [0.1, 0.15) is 21.7 Å². The molecular weight excluding hydrogens is 277 g/mol. The summed E-state index contributed by atoms with van der Waals surface area (Å²) in [6, 6.07) is 7.15. The van der Waals surface area contributed by atoms with Crippen molar-refractivity contribution < 1.29 is 23.5 Å². The molecule has 6 heteroatoms. The number of nitrogens with one attached hydrogen (secondary N) is 1. The lowest BCUT2D eigenvalue weighted by molar-refractivity contribution is -0.131. The second-order valence-electron chi connectivity index (χ2n) is 4.17. The van der Waals surface area contributed by atoms with Crippen LogP contribution in [0, 0.1) is 5.82 Å². The van der Waals surface area contributed by atoms with Crippen molar-refractivity contribution in [3.05, 3.63) is 65.4 Å². The first-order chi connectivity index (χ1) is 10.1. The Balaban J connectivity index is 2.12. The summed E-state index contributed by atoms with van der Waals surface area (Å²) in [6.45, 7) is 0.139. The molecule has 2 N–H and O–H groups in total. The number of furan rings is 1. The van der Waals surface area contributed by atoms with Crippen LogP contribution in [0.5, 0.6) is 0 Å². The van der Waals surface area contributed by atoms with Gasteiger partial charge in [-0.05, 0) is 35.9 Å². The van der Waals surface area contributed by atoms with Gasteiger partial charge >= 0.3 is 5.97 Å². The fourth-order valence-corrected chi connectivity index (χ4v) is 1.66. The van der Waals surface area contributed by atoms with E-state index in [4.69, 9.17) is 9.52 Å². The van der Waals surface area contributed by atoms with E-state index in [1.807, 2.05) is 0 Å². The van der Waals surface area contributed by atoms with Crippen LogP contribution in [0.2, 0.25) is 0 Å². The predicted molar refractivity (Wildman–Crippen MR) is 72.9 cm³/mol. The van der Waals surface area contributed by atoms with Crippen molar-refractivity contribution >= 4 is 18.0 Å². The van der Waals surface area contributed by atoms with E-state index < -0.39 is 17.7 Å². The van der Waals surface area contributed by atoms with E-state index >= 15 is 0 Å². The summed E-state index contributed by atoms with van der Waals surface area (Å²) in [5.74, 6) is -1.86. The van der Waals surface area contributed by atoms with E-state index in [0.29, 0.717) is 11.3 Å². The minimum Gasteiger partial charge on any atom is -0.478 e. The van der Waals surface area contributed by atoms with Gasteiger partial charge in [-0.15, -0.1) is 0 Å². The van der Waals surface area contributed by atoms with Crippen molar-refractivity contribution in [2.75, 3.05) is 0 Å². The third kappa shape index (κ3) is 4.04. The molecule has 0 saturated heterocycles. The molecule has 1 heterocycles. The van der Waals surface area contributed by atoms with Crippen molar-refractivity contribution in [1.29, 1.82) is 0 Å². The lowest BCUT2D eigenvalue weighted by atomic mass is 10.1. The standard InChI is InChI=1S/C15H12FNO4/c16-13-5-3-10(4-6-14(18)19)8-12(13)15(20)17-9-11-2-1-7-21-11/h1-8H,9H2,(H,17,20)(H,18,19). The highest BCUT2D eigenvalue weighted by Crippen LogP contribution is 2.12. The lowest BCUT2D eigenvalue weighted by Crippen LogP contribution is -2.23. The molecule has 2 aromatic rings. The van der Waals surface area contributed by atoms with Crippen LogP contribution in [0.3, 0.4) is 0 Å². The molecule has 0 aliphatic rings. The van der Waals surface area contributed by atoms with E-state index in [-0.39, 0.29) is 12.1 Å². The number of hydrogen-bond donors (Lipinski definition) is 2. The molecule has 0 spiro atoms. The van der Waals surface area contributed by atoms with Gasteiger partial charge in [0, 0.05) is 6.08 Å². The van der Waals surface area contributed by atoms with E-state index in [0.717, 1.165) is 12.1 Å². The molecule has 2 rings (SSSR count). The molecular formula is C15H12FNO4. The van der Waals surface area contributed by atoms with Gasteiger partial charge in [-0.2, -0.15) is 0 Å². The van der Waals surface area contributed by atoms with Gasteiger partial charge in [0.15, 0.2) is 0 Å². The predicted octanol–water partition coefficient (Wildman–Crippen LogP) is 2.45. The molecule has 1 aromatic carbocycles. The zero-order chi connectivity index (χ0) is 15.2. The van der Waals surface area contributed by atoms with Crippen molar-refractivity contribution in [2.24, 2.45) is 0 Å². The quantitative estimate of drug-likeness (QED) is 0.829. The van der Waals surface area contributed by atoms with Crippen molar-refractivity contribution in [3.8, 4) is 0 Å². The number of aliphatic carboxylic acids is 1. The average Bonchev–Trinajstić information content (AvgIpc) is 2.97. The zero-order valence-electron chi connectivity index (χ0n) is 10.9. The first-order valence-electron chi connectivity index (χ1n) is 6.07.